The van der Waals surface area contributed by atoms with Crippen LogP contribution in [-0.2, 0) is 4.79 Å². The Labute approximate surface area is 106 Å². The van der Waals surface area contributed by atoms with E-state index in [1.807, 2.05) is 0 Å². The Balaban J connectivity index is 2.54. The van der Waals surface area contributed by atoms with Crippen molar-refractivity contribution in [1.29, 1.82) is 5.41 Å². The predicted octanol–water partition coefficient (Wildman–Crippen LogP) is 0.0232. The van der Waals surface area contributed by atoms with Gasteiger partial charge < -0.3 is 20.8 Å². The lowest BCUT2D eigenvalue weighted by molar-refractivity contribution is -0.118. The molecule has 6 heteroatoms. The Bertz CT molecular complexity index is 431. The van der Waals surface area contributed by atoms with E-state index in [0.717, 1.165) is 5.69 Å². The van der Waals surface area contributed by atoms with E-state index in [-0.39, 0.29) is 18.2 Å². The molecule has 0 aliphatic carbocycles. The fourth-order valence-electron chi connectivity index (χ4n) is 1.36. The van der Waals surface area contributed by atoms with E-state index in [1.165, 1.54) is 0 Å². The summed E-state index contributed by atoms with van der Waals surface area (Å²) >= 11 is 0. The van der Waals surface area contributed by atoms with Crippen molar-refractivity contribution in [2.45, 2.75) is 13.8 Å². The lowest BCUT2D eigenvalue weighted by Gasteiger charge is -2.10. The number of ketones is 1. The second-order valence-electron chi connectivity index (χ2n) is 4.22. The third-order valence-corrected chi connectivity index (χ3v) is 2.81. The summed E-state index contributed by atoms with van der Waals surface area (Å²) in [6.07, 6.45) is 0. The highest BCUT2D eigenvalue weighted by Gasteiger charge is 2.14. The van der Waals surface area contributed by atoms with Gasteiger partial charge in [-0.15, -0.1) is 0 Å². The number of carbonyl (C=O) groups is 1. The maximum Gasteiger partial charge on any atom is 0.488 e. The quantitative estimate of drug-likeness (QED) is 0.422. The number of hydrogen-bond acceptors (Lipinski definition) is 5. The first-order chi connectivity index (χ1) is 8.41. The molecular formula is C12H17BN2O3. The normalized spacial score (nSPS) is 11.8. The zero-order valence-electron chi connectivity index (χ0n) is 10.5. The number of Topliss-reactive ketones (excluding diaryl/α,β-unsaturated/α-hetero) is 1. The molecule has 1 unspecified atom stereocenters. The largest absolute Gasteiger partial charge is 0.488 e. The van der Waals surface area contributed by atoms with Gasteiger partial charge in [0.15, 0.2) is 5.78 Å². The van der Waals surface area contributed by atoms with E-state index < -0.39 is 7.12 Å². The van der Waals surface area contributed by atoms with E-state index >= 15 is 0 Å². The fourth-order valence-corrected chi connectivity index (χ4v) is 1.36. The van der Waals surface area contributed by atoms with Gasteiger partial charge in [-0.25, -0.2) is 0 Å². The monoisotopic (exact) mass is 248 g/mol. The Hall–Kier alpha value is -1.66. The van der Waals surface area contributed by atoms with Crippen LogP contribution in [0.3, 0.4) is 0 Å². The standard InChI is InChI=1S/C12H17BN2O3/c1-8(9(2)14)12(16)7-15-11-5-3-10(4-6-11)13(17)18/h3-6,8,14-15,17-18H,7H2,1-2H3. The van der Waals surface area contributed by atoms with Gasteiger partial charge in [0.2, 0.25) is 0 Å². The van der Waals surface area contributed by atoms with Gasteiger partial charge in [0.1, 0.15) is 0 Å². The number of carbonyl (C=O) groups excluding carboxylic acids is 1. The fraction of sp³-hybridized carbons (Fsp3) is 0.333. The second-order valence-corrected chi connectivity index (χ2v) is 4.22. The van der Waals surface area contributed by atoms with Crippen LogP contribution < -0.4 is 10.8 Å². The summed E-state index contributed by atoms with van der Waals surface area (Å²) in [5.74, 6) is -0.426. The summed E-state index contributed by atoms with van der Waals surface area (Å²) in [4.78, 5) is 11.6. The molecule has 1 aromatic rings. The Kier molecular flexibility index (Phi) is 5.06. The van der Waals surface area contributed by atoms with Gasteiger partial charge in [-0.3, -0.25) is 4.79 Å². The van der Waals surface area contributed by atoms with Gasteiger partial charge in [0, 0.05) is 11.4 Å². The van der Waals surface area contributed by atoms with Crippen LogP contribution in [0.4, 0.5) is 5.69 Å². The number of nitrogens with one attached hydrogen (secondary N) is 2. The van der Waals surface area contributed by atoms with Gasteiger partial charge in [-0.2, -0.15) is 0 Å². The van der Waals surface area contributed by atoms with Crippen LogP contribution in [0.2, 0.25) is 0 Å². The lowest BCUT2D eigenvalue weighted by Crippen LogP contribution is -2.29. The zero-order chi connectivity index (χ0) is 13.7. The number of benzene rings is 1. The van der Waals surface area contributed by atoms with Crippen LogP contribution in [0.1, 0.15) is 13.8 Å². The van der Waals surface area contributed by atoms with Crippen LogP contribution in [0.15, 0.2) is 24.3 Å². The van der Waals surface area contributed by atoms with Crippen LogP contribution in [0.5, 0.6) is 0 Å². The maximum atomic E-state index is 11.6. The van der Waals surface area contributed by atoms with Gasteiger partial charge in [0.25, 0.3) is 0 Å². The van der Waals surface area contributed by atoms with Crippen LogP contribution in [-0.4, -0.2) is 35.2 Å². The zero-order valence-corrected chi connectivity index (χ0v) is 10.5. The summed E-state index contributed by atoms with van der Waals surface area (Å²) in [6.45, 7) is 3.47. The molecule has 96 valence electrons. The highest BCUT2D eigenvalue weighted by Crippen LogP contribution is 2.05. The summed E-state index contributed by atoms with van der Waals surface area (Å²) in [5, 5.41) is 28.2. The van der Waals surface area contributed by atoms with Crippen molar-refractivity contribution in [2.24, 2.45) is 5.92 Å². The van der Waals surface area contributed by atoms with Crippen LogP contribution in [0.25, 0.3) is 0 Å². The Morgan fingerprint density at radius 2 is 1.94 bits per heavy atom. The first kappa shape index (κ1) is 14.4. The highest BCUT2D eigenvalue weighted by molar-refractivity contribution is 6.58. The van der Waals surface area contributed by atoms with Crippen molar-refractivity contribution in [2.75, 3.05) is 11.9 Å². The van der Waals surface area contributed by atoms with E-state index in [0.29, 0.717) is 11.2 Å². The molecule has 0 fully saturated rings. The molecule has 4 N–H and O–H groups in total. The smallest absolute Gasteiger partial charge is 0.423 e. The third kappa shape index (κ3) is 3.98. The number of anilines is 1. The minimum absolute atomic E-state index is 0.0474. The summed E-state index contributed by atoms with van der Waals surface area (Å²) < 4.78 is 0. The molecule has 0 heterocycles. The molecule has 18 heavy (non-hydrogen) atoms. The van der Waals surface area contributed by atoms with Crippen molar-refractivity contribution in [3.63, 3.8) is 0 Å². The van der Waals surface area contributed by atoms with Crippen molar-refractivity contribution >= 4 is 29.8 Å². The first-order valence-electron chi connectivity index (χ1n) is 5.69. The van der Waals surface area contributed by atoms with Gasteiger partial charge >= 0.3 is 7.12 Å². The highest BCUT2D eigenvalue weighted by atomic mass is 16.4. The van der Waals surface area contributed by atoms with Crippen molar-refractivity contribution in [3.8, 4) is 0 Å². The topological polar surface area (TPSA) is 93.4 Å². The SMILES string of the molecule is CC(=N)C(C)C(=O)CNc1ccc(B(O)O)cc1. The minimum Gasteiger partial charge on any atom is -0.423 e. The molecule has 0 aliphatic rings. The molecule has 0 radical (unpaired) electrons. The van der Waals surface area contributed by atoms with E-state index in [2.05, 4.69) is 5.32 Å². The van der Waals surface area contributed by atoms with Crippen molar-refractivity contribution < 1.29 is 14.8 Å². The molecular weight excluding hydrogens is 231 g/mol. The van der Waals surface area contributed by atoms with Gasteiger partial charge in [-0.1, -0.05) is 19.1 Å². The first-order valence-corrected chi connectivity index (χ1v) is 5.69. The maximum absolute atomic E-state index is 11.6. The molecule has 5 nitrogen and oxygen atoms in total. The Morgan fingerprint density at radius 3 is 2.39 bits per heavy atom. The van der Waals surface area contributed by atoms with Gasteiger partial charge in [0.05, 0.1) is 12.5 Å². The molecule has 1 atom stereocenters. The van der Waals surface area contributed by atoms with Crippen LogP contribution in [0, 0.1) is 11.3 Å². The second kappa shape index (κ2) is 6.32. The molecule has 0 aliphatic heterocycles. The molecule has 0 bridgehead atoms. The average molecular weight is 248 g/mol. The van der Waals surface area contributed by atoms with Crippen molar-refractivity contribution in [1.82, 2.24) is 0 Å². The Morgan fingerprint density at radius 1 is 1.39 bits per heavy atom. The van der Waals surface area contributed by atoms with Crippen molar-refractivity contribution in [3.05, 3.63) is 24.3 Å². The molecule has 0 saturated heterocycles. The minimum atomic E-state index is -1.48. The summed E-state index contributed by atoms with van der Waals surface area (Å²) in [7, 11) is -1.48. The summed E-state index contributed by atoms with van der Waals surface area (Å²) in [5.41, 5.74) is 1.47. The molecule has 0 amide bonds. The third-order valence-electron chi connectivity index (χ3n) is 2.81. The van der Waals surface area contributed by atoms with E-state index in [1.54, 1.807) is 38.1 Å². The van der Waals surface area contributed by atoms with Gasteiger partial charge in [-0.05, 0) is 24.5 Å². The molecule has 0 aromatic heterocycles. The number of hydrogen-bond donors (Lipinski definition) is 4. The average Bonchev–Trinajstić information content (AvgIpc) is 2.35. The number of rotatable bonds is 6. The molecule has 1 aromatic carbocycles. The molecule has 0 saturated carbocycles. The predicted molar refractivity (Wildman–Crippen MR) is 72.3 cm³/mol. The van der Waals surface area contributed by atoms with E-state index in [9.17, 15) is 4.79 Å². The molecule has 0 spiro atoms. The molecule has 1 rings (SSSR count). The van der Waals surface area contributed by atoms with Crippen LogP contribution >= 0.6 is 0 Å². The lowest BCUT2D eigenvalue weighted by atomic mass is 9.80. The van der Waals surface area contributed by atoms with E-state index in [4.69, 9.17) is 15.5 Å². The summed E-state index contributed by atoms with van der Waals surface area (Å²) in [6, 6.07) is 6.49.